The molecule has 140 valence electrons. The van der Waals surface area contributed by atoms with Crippen LogP contribution >= 0.6 is 0 Å². The van der Waals surface area contributed by atoms with Crippen molar-refractivity contribution < 1.29 is 22.5 Å². The summed E-state index contributed by atoms with van der Waals surface area (Å²) in [6.07, 6.45) is 0. The molecule has 2 amide bonds. The van der Waals surface area contributed by atoms with Crippen molar-refractivity contribution in [3.8, 4) is 0 Å². The van der Waals surface area contributed by atoms with Crippen molar-refractivity contribution in [1.82, 2.24) is 0 Å². The van der Waals surface area contributed by atoms with Crippen molar-refractivity contribution in [2.24, 2.45) is 0 Å². The van der Waals surface area contributed by atoms with E-state index < -0.39 is 38.7 Å². The van der Waals surface area contributed by atoms with Crippen LogP contribution in [-0.4, -0.2) is 43.0 Å². The summed E-state index contributed by atoms with van der Waals surface area (Å²) in [5.41, 5.74) is 0.650. The third-order valence-electron chi connectivity index (χ3n) is 4.81. The zero-order valence-electron chi connectivity index (χ0n) is 13.9. The predicted molar refractivity (Wildman–Crippen MR) is 96.1 cm³/mol. The van der Waals surface area contributed by atoms with Crippen LogP contribution in [0.25, 0.3) is 0 Å². The van der Waals surface area contributed by atoms with Crippen LogP contribution in [0.1, 0.15) is 0 Å². The Morgan fingerprint density at radius 2 is 1.37 bits per heavy atom. The minimum atomic E-state index is -3.36. The van der Waals surface area contributed by atoms with Crippen molar-refractivity contribution in [2.45, 2.75) is 12.1 Å². The summed E-state index contributed by atoms with van der Waals surface area (Å²) in [5, 5.41) is 10.8. The fraction of sp³-hybridized carbons (Fsp3) is 0.235. The van der Waals surface area contributed by atoms with Crippen molar-refractivity contribution >= 4 is 32.9 Å². The zero-order valence-corrected chi connectivity index (χ0v) is 14.7. The number of rotatable bonds is 3. The van der Waals surface area contributed by atoms with E-state index in [1.807, 2.05) is 0 Å². The van der Waals surface area contributed by atoms with Gasteiger partial charge in [-0.2, -0.15) is 0 Å². The number of hydrogen-bond donors (Lipinski definition) is 0. The maximum atomic E-state index is 13.2. The molecule has 27 heavy (non-hydrogen) atoms. The van der Waals surface area contributed by atoms with Gasteiger partial charge >= 0.3 is 6.03 Å². The monoisotopic (exact) mass is 391 g/mol. The van der Waals surface area contributed by atoms with Gasteiger partial charge in [0.2, 0.25) is 0 Å². The third kappa shape index (κ3) is 2.91. The van der Waals surface area contributed by atoms with Gasteiger partial charge in [0, 0.05) is 23.5 Å². The van der Waals surface area contributed by atoms with Gasteiger partial charge in [0.25, 0.3) is 5.69 Å². The third-order valence-corrected chi connectivity index (χ3v) is 6.51. The first-order valence-corrected chi connectivity index (χ1v) is 9.92. The standard InChI is InChI=1S/C17H14FN3O5S/c18-11-1-3-12(4-2-11)19-15-9-27(25,26)10-16(15)20(17(19)22)13-5-7-14(8-6-13)21(23)24/h1-8,15-16H,9-10H2. The molecule has 2 aliphatic heterocycles. The molecule has 2 saturated heterocycles. The van der Waals surface area contributed by atoms with Gasteiger partial charge in [-0.05, 0) is 36.4 Å². The second kappa shape index (κ2) is 6.02. The first-order valence-electron chi connectivity index (χ1n) is 8.10. The molecule has 2 heterocycles. The summed E-state index contributed by atoms with van der Waals surface area (Å²) in [6.45, 7) is 0. The van der Waals surface area contributed by atoms with Crippen molar-refractivity contribution in [2.75, 3.05) is 21.3 Å². The summed E-state index contributed by atoms with van der Waals surface area (Å²) >= 11 is 0. The Bertz CT molecular complexity index is 1020. The Labute approximate surface area is 153 Å². The number of urea groups is 1. The molecule has 2 atom stereocenters. The number of sulfone groups is 1. The molecule has 2 aromatic rings. The van der Waals surface area contributed by atoms with Crippen LogP contribution in [0.2, 0.25) is 0 Å². The maximum absolute atomic E-state index is 13.2. The Balaban J connectivity index is 1.76. The molecule has 0 N–H and O–H groups in total. The summed E-state index contributed by atoms with van der Waals surface area (Å²) in [7, 11) is -3.36. The topological polar surface area (TPSA) is 101 Å². The smallest absolute Gasteiger partial charge is 0.288 e. The number of nitrogens with zero attached hydrogens (tertiary/aromatic N) is 3. The summed E-state index contributed by atoms with van der Waals surface area (Å²) in [5.74, 6) is -0.851. The first kappa shape index (κ1) is 17.4. The van der Waals surface area contributed by atoms with E-state index >= 15 is 0 Å². The van der Waals surface area contributed by atoms with E-state index in [0.29, 0.717) is 11.4 Å². The number of amides is 2. The van der Waals surface area contributed by atoms with E-state index in [1.54, 1.807) is 0 Å². The normalized spacial score (nSPS) is 23.5. The molecule has 2 fully saturated rings. The van der Waals surface area contributed by atoms with E-state index in [9.17, 15) is 27.7 Å². The van der Waals surface area contributed by atoms with E-state index in [4.69, 9.17) is 0 Å². The molecule has 0 aromatic heterocycles. The lowest BCUT2D eigenvalue weighted by Gasteiger charge is -2.22. The molecular weight excluding hydrogens is 377 g/mol. The van der Waals surface area contributed by atoms with E-state index in [2.05, 4.69) is 0 Å². The SMILES string of the molecule is O=C1N(c2ccc(F)cc2)C2CS(=O)(=O)CC2N1c1ccc([N+](=O)[O-])cc1. The van der Waals surface area contributed by atoms with Gasteiger partial charge in [0.05, 0.1) is 28.5 Å². The number of non-ortho nitro benzene ring substituents is 1. The number of fused-ring (bicyclic) bond motifs is 1. The molecule has 0 bridgehead atoms. The molecule has 0 aliphatic carbocycles. The van der Waals surface area contributed by atoms with Crippen LogP contribution < -0.4 is 9.80 Å². The fourth-order valence-corrected chi connectivity index (χ4v) is 5.56. The highest BCUT2D eigenvalue weighted by Gasteiger charge is 2.54. The highest BCUT2D eigenvalue weighted by atomic mass is 32.2. The minimum absolute atomic E-state index is 0.128. The molecular formula is C17H14FN3O5S. The molecule has 4 rings (SSSR count). The van der Waals surface area contributed by atoms with E-state index in [-0.39, 0.29) is 17.2 Å². The van der Waals surface area contributed by atoms with Gasteiger partial charge in [-0.3, -0.25) is 19.9 Å². The van der Waals surface area contributed by atoms with Gasteiger partial charge in [-0.15, -0.1) is 0 Å². The van der Waals surface area contributed by atoms with Crippen molar-refractivity contribution in [3.05, 3.63) is 64.5 Å². The van der Waals surface area contributed by atoms with Crippen LogP contribution in [-0.2, 0) is 9.84 Å². The molecule has 2 unspecified atom stereocenters. The van der Waals surface area contributed by atoms with Gasteiger partial charge < -0.3 is 0 Å². The zero-order chi connectivity index (χ0) is 19.3. The average Bonchev–Trinajstić information content (AvgIpc) is 3.05. The van der Waals surface area contributed by atoms with Gasteiger partial charge in [0.1, 0.15) is 5.82 Å². The Morgan fingerprint density at radius 1 is 0.926 bits per heavy atom. The maximum Gasteiger partial charge on any atom is 0.329 e. The van der Waals surface area contributed by atoms with E-state index in [1.165, 1.54) is 58.3 Å². The highest BCUT2D eigenvalue weighted by Crippen LogP contribution is 2.38. The molecule has 2 aromatic carbocycles. The number of carbonyl (C=O) groups excluding carboxylic acids is 1. The van der Waals surface area contributed by atoms with Crippen molar-refractivity contribution in [3.63, 3.8) is 0 Å². The van der Waals surface area contributed by atoms with Crippen LogP contribution in [0.4, 0.5) is 26.2 Å². The lowest BCUT2D eigenvalue weighted by molar-refractivity contribution is -0.384. The van der Waals surface area contributed by atoms with Gasteiger partial charge in [-0.1, -0.05) is 0 Å². The van der Waals surface area contributed by atoms with Crippen LogP contribution in [0.3, 0.4) is 0 Å². The van der Waals surface area contributed by atoms with Gasteiger partial charge in [0.15, 0.2) is 9.84 Å². The fourth-order valence-electron chi connectivity index (χ4n) is 3.64. The Morgan fingerprint density at radius 3 is 1.81 bits per heavy atom. The number of carbonyl (C=O) groups is 1. The predicted octanol–water partition coefficient (Wildman–Crippen LogP) is 2.35. The second-order valence-corrected chi connectivity index (χ2v) is 8.64. The number of anilines is 2. The lowest BCUT2D eigenvalue weighted by atomic mass is 10.1. The minimum Gasteiger partial charge on any atom is -0.288 e. The largest absolute Gasteiger partial charge is 0.329 e. The van der Waals surface area contributed by atoms with E-state index in [0.717, 1.165) is 0 Å². The average molecular weight is 391 g/mol. The second-order valence-electron chi connectivity index (χ2n) is 6.48. The summed E-state index contributed by atoms with van der Waals surface area (Å²) in [6, 6.07) is 8.97. The number of nitro benzene ring substituents is 1. The number of benzene rings is 2. The van der Waals surface area contributed by atoms with Crippen molar-refractivity contribution in [1.29, 1.82) is 0 Å². The quantitative estimate of drug-likeness (QED) is 0.454. The van der Waals surface area contributed by atoms with Crippen LogP contribution in [0.15, 0.2) is 48.5 Å². The number of hydrogen-bond acceptors (Lipinski definition) is 5. The molecule has 10 heteroatoms. The molecule has 0 spiro atoms. The molecule has 2 aliphatic rings. The lowest BCUT2D eigenvalue weighted by Crippen LogP contribution is -2.37. The number of halogens is 1. The Hall–Kier alpha value is -3.01. The van der Waals surface area contributed by atoms with Crippen LogP contribution in [0.5, 0.6) is 0 Å². The highest BCUT2D eigenvalue weighted by molar-refractivity contribution is 7.91. The van der Waals surface area contributed by atoms with Crippen LogP contribution in [0, 0.1) is 15.9 Å². The molecule has 0 radical (unpaired) electrons. The molecule has 0 saturated carbocycles. The summed E-state index contributed by atoms with van der Waals surface area (Å²) < 4.78 is 37.6. The molecule has 8 nitrogen and oxygen atoms in total. The number of nitro groups is 1. The Kier molecular flexibility index (Phi) is 3.88. The first-order chi connectivity index (χ1) is 12.8. The summed E-state index contributed by atoms with van der Waals surface area (Å²) in [4.78, 5) is 26.1. The van der Waals surface area contributed by atoms with Gasteiger partial charge in [-0.25, -0.2) is 17.6 Å².